The quantitative estimate of drug-likeness (QED) is 0.788. The van der Waals surface area contributed by atoms with Crippen LogP contribution in [0.25, 0.3) is 5.70 Å². The highest BCUT2D eigenvalue weighted by atomic mass is 35.5. The van der Waals surface area contributed by atoms with Gasteiger partial charge >= 0.3 is 0 Å². The minimum absolute atomic E-state index is 0.171. The monoisotopic (exact) mass is 310 g/mol. The van der Waals surface area contributed by atoms with Gasteiger partial charge in [0.05, 0.1) is 0 Å². The molecule has 0 spiro atoms. The molecular formula is C15H11ClN6. The van der Waals surface area contributed by atoms with E-state index in [1.165, 1.54) is 0 Å². The van der Waals surface area contributed by atoms with Crippen molar-refractivity contribution in [3.63, 3.8) is 0 Å². The van der Waals surface area contributed by atoms with Gasteiger partial charge in [0, 0.05) is 28.7 Å². The second kappa shape index (κ2) is 5.23. The van der Waals surface area contributed by atoms with Gasteiger partial charge in [0.2, 0.25) is 5.95 Å². The normalized spacial score (nSPS) is 16.6. The van der Waals surface area contributed by atoms with Gasteiger partial charge in [-0.2, -0.15) is 4.68 Å². The Labute approximate surface area is 131 Å². The van der Waals surface area contributed by atoms with Crippen LogP contribution in [0.2, 0.25) is 5.02 Å². The number of hydrogen-bond acceptors (Lipinski definition) is 5. The first kappa shape index (κ1) is 13.0. The molecule has 1 N–H and O–H groups in total. The fraction of sp³-hybridized carbons (Fsp3) is 0.0667. The van der Waals surface area contributed by atoms with Crippen molar-refractivity contribution in [3.8, 4) is 0 Å². The SMILES string of the molecule is Clc1ccccc1[C@@H]1C=C(c2cccnc2)Nc2nnnn21. The molecule has 0 fully saturated rings. The number of hydrogen-bond donors (Lipinski definition) is 1. The number of halogens is 1. The summed E-state index contributed by atoms with van der Waals surface area (Å²) in [6.07, 6.45) is 5.58. The van der Waals surface area contributed by atoms with Crippen molar-refractivity contribution < 1.29 is 0 Å². The molecule has 7 heteroatoms. The molecule has 1 aromatic carbocycles. The van der Waals surface area contributed by atoms with Gasteiger partial charge in [-0.05, 0) is 40.3 Å². The largest absolute Gasteiger partial charge is 0.323 e. The van der Waals surface area contributed by atoms with E-state index in [0.29, 0.717) is 11.0 Å². The number of benzene rings is 1. The Morgan fingerprint density at radius 2 is 2.05 bits per heavy atom. The van der Waals surface area contributed by atoms with Crippen LogP contribution >= 0.6 is 11.6 Å². The van der Waals surface area contributed by atoms with E-state index in [4.69, 9.17) is 11.6 Å². The van der Waals surface area contributed by atoms with E-state index in [0.717, 1.165) is 16.8 Å². The van der Waals surface area contributed by atoms with Crippen LogP contribution in [0.5, 0.6) is 0 Å². The fourth-order valence-electron chi connectivity index (χ4n) is 2.48. The summed E-state index contributed by atoms with van der Waals surface area (Å²) in [6.45, 7) is 0. The smallest absolute Gasteiger partial charge is 0.248 e. The number of fused-ring (bicyclic) bond motifs is 1. The summed E-state index contributed by atoms with van der Waals surface area (Å²) in [6, 6.07) is 11.4. The van der Waals surface area contributed by atoms with Crippen LogP contribution < -0.4 is 5.32 Å². The first-order chi connectivity index (χ1) is 10.8. The zero-order valence-corrected chi connectivity index (χ0v) is 12.1. The zero-order chi connectivity index (χ0) is 14.9. The number of aromatic nitrogens is 5. The van der Waals surface area contributed by atoms with Crippen LogP contribution in [0.1, 0.15) is 17.2 Å². The van der Waals surface area contributed by atoms with E-state index in [1.807, 2.05) is 42.5 Å². The van der Waals surface area contributed by atoms with Crippen molar-refractivity contribution in [1.29, 1.82) is 0 Å². The van der Waals surface area contributed by atoms with E-state index in [-0.39, 0.29) is 6.04 Å². The second-order valence-corrected chi connectivity index (χ2v) is 5.27. The van der Waals surface area contributed by atoms with Crippen molar-refractivity contribution >= 4 is 23.2 Å². The lowest BCUT2D eigenvalue weighted by Crippen LogP contribution is -2.20. The first-order valence-electron chi connectivity index (χ1n) is 6.74. The van der Waals surface area contributed by atoms with Crippen LogP contribution in [-0.4, -0.2) is 25.2 Å². The number of tetrazole rings is 1. The molecule has 0 saturated heterocycles. The van der Waals surface area contributed by atoms with Crippen molar-refractivity contribution in [2.75, 3.05) is 5.32 Å². The third-order valence-electron chi connectivity index (χ3n) is 3.52. The Hall–Kier alpha value is -2.73. The summed E-state index contributed by atoms with van der Waals surface area (Å²) in [5, 5.41) is 15.7. The lowest BCUT2D eigenvalue weighted by Gasteiger charge is -2.23. The molecule has 6 nitrogen and oxygen atoms in total. The molecule has 2 aromatic heterocycles. The van der Waals surface area contributed by atoms with Gasteiger partial charge < -0.3 is 5.32 Å². The van der Waals surface area contributed by atoms with Crippen LogP contribution in [0, 0.1) is 0 Å². The molecule has 1 aliphatic heterocycles. The van der Waals surface area contributed by atoms with Crippen LogP contribution in [0.15, 0.2) is 54.9 Å². The summed E-state index contributed by atoms with van der Waals surface area (Å²) in [7, 11) is 0. The molecule has 4 rings (SSSR count). The zero-order valence-electron chi connectivity index (χ0n) is 11.4. The fourth-order valence-corrected chi connectivity index (χ4v) is 2.73. The number of rotatable bonds is 2. The van der Waals surface area contributed by atoms with E-state index >= 15 is 0 Å². The van der Waals surface area contributed by atoms with Crippen molar-refractivity contribution in [3.05, 3.63) is 71.0 Å². The Balaban J connectivity index is 1.86. The second-order valence-electron chi connectivity index (χ2n) is 4.86. The Morgan fingerprint density at radius 3 is 2.86 bits per heavy atom. The summed E-state index contributed by atoms with van der Waals surface area (Å²) in [5.41, 5.74) is 2.81. The van der Waals surface area contributed by atoms with Gasteiger partial charge in [0.25, 0.3) is 0 Å². The number of allylic oxidation sites excluding steroid dienone is 1. The van der Waals surface area contributed by atoms with Crippen LogP contribution in [0.3, 0.4) is 0 Å². The summed E-state index contributed by atoms with van der Waals surface area (Å²) >= 11 is 6.34. The molecule has 0 amide bonds. The highest BCUT2D eigenvalue weighted by Crippen LogP contribution is 2.34. The van der Waals surface area contributed by atoms with Gasteiger partial charge in [-0.1, -0.05) is 34.9 Å². The molecule has 0 radical (unpaired) electrons. The summed E-state index contributed by atoms with van der Waals surface area (Å²) in [5.74, 6) is 0.575. The molecule has 0 aliphatic carbocycles. The highest BCUT2D eigenvalue weighted by molar-refractivity contribution is 6.31. The van der Waals surface area contributed by atoms with Crippen LogP contribution in [0.4, 0.5) is 5.95 Å². The van der Waals surface area contributed by atoms with Gasteiger partial charge in [0.1, 0.15) is 6.04 Å². The number of nitrogens with one attached hydrogen (secondary N) is 1. The lowest BCUT2D eigenvalue weighted by atomic mass is 10.0. The molecule has 1 atom stereocenters. The average molecular weight is 311 g/mol. The molecular weight excluding hydrogens is 300 g/mol. The predicted octanol–water partition coefficient (Wildman–Crippen LogP) is 2.78. The van der Waals surface area contributed by atoms with Gasteiger partial charge in [-0.15, -0.1) is 0 Å². The van der Waals surface area contributed by atoms with E-state index < -0.39 is 0 Å². The Kier molecular flexibility index (Phi) is 3.08. The molecule has 1 aliphatic rings. The average Bonchev–Trinajstić information content (AvgIpc) is 3.04. The molecule has 0 saturated carbocycles. The minimum atomic E-state index is -0.171. The van der Waals surface area contributed by atoms with E-state index in [9.17, 15) is 0 Å². The molecule has 0 unspecified atom stereocenters. The summed E-state index contributed by atoms with van der Waals surface area (Å²) in [4.78, 5) is 4.15. The third kappa shape index (κ3) is 2.14. The maximum absolute atomic E-state index is 6.34. The van der Waals surface area contributed by atoms with Crippen LogP contribution in [-0.2, 0) is 0 Å². The standard InChI is InChI=1S/C15H11ClN6/c16-12-6-2-1-5-11(12)14-8-13(10-4-3-7-17-9-10)18-15-19-20-21-22(14)15/h1-9,14H,(H,18,19,21)/t14-/m0/s1. The van der Waals surface area contributed by atoms with Gasteiger partial charge in [-0.25, -0.2) is 0 Å². The molecule has 0 bridgehead atoms. The van der Waals surface area contributed by atoms with Crippen molar-refractivity contribution in [2.24, 2.45) is 0 Å². The van der Waals surface area contributed by atoms with Gasteiger partial charge in [-0.3, -0.25) is 4.98 Å². The lowest BCUT2D eigenvalue weighted by molar-refractivity contribution is 0.586. The number of anilines is 1. The molecule has 22 heavy (non-hydrogen) atoms. The van der Waals surface area contributed by atoms with Crippen molar-refractivity contribution in [1.82, 2.24) is 25.2 Å². The molecule has 3 aromatic rings. The minimum Gasteiger partial charge on any atom is -0.323 e. The molecule has 108 valence electrons. The first-order valence-corrected chi connectivity index (χ1v) is 7.12. The predicted molar refractivity (Wildman–Crippen MR) is 83.2 cm³/mol. The summed E-state index contributed by atoms with van der Waals surface area (Å²) < 4.78 is 1.71. The third-order valence-corrected chi connectivity index (χ3v) is 3.87. The molecule has 3 heterocycles. The maximum Gasteiger partial charge on any atom is 0.248 e. The van der Waals surface area contributed by atoms with E-state index in [1.54, 1.807) is 17.1 Å². The maximum atomic E-state index is 6.34. The van der Waals surface area contributed by atoms with Gasteiger partial charge in [0.15, 0.2) is 0 Å². The topological polar surface area (TPSA) is 68.5 Å². The number of pyridine rings is 1. The Morgan fingerprint density at radius 1 is 1.14 bits per heavy atom. The number of nitrogens with zero attached hydrogens (tertiary/aromatic N) is 5. The van der Waals surface area contributed by atoms with E-state index in [2.05, 4.69) is 25.8 Å². The highest BCUT2D eigenvalue weighted by Gasteiger charge is 2.25. The Bertz CT molecular complexity index is 842. The van der Waals surface area contributed by atoms with Crippen molar-refractivity contribution in [2.45, 2.75) is 6.04 Å².